The van der Waals surface area contributed by atoms with Crippen molar-refractivity contribution in [1.82, 2.24) is 15.1 Å². The van der Waals surface area contributed by atoms with Crippen LogP contribution in [0, 0.1) is 6.92 Å². The molecule has 1 aromatic heterocycles. The Kier molecular flexibility index (Phi) is 4.24. The summed E-state index contributed by atoms with van der Waals surface area (Å²) in [5.74, 6) is 1.09. The lowest BCUT2D eigenvalue weighted by molar-refractivity contribution is 0.229. The number of guanidine groups is 1. The van der Waals surface area contributed by atoms with Crippen LogP contribution in [0.3, 0.4) is 0 Å². The third kappa shape index (κ3) is 3.03. The van der Waals surface area contributed by atoms with Crippen molar-refractivity contribution in [3.05, 3.63) is 77.0 Å². The molecule has 29 heavy (non-hydrogen) atoms. The third-order valence-electron chi connectivity index (χ3n) is 5.99. The number of nitrogens with two attached hydrogens (primary N) is 2. The number of aromatic amines is 1. The topological polar surface area (TPSA) is 99.6 Å². The van der Waals surface area contributed by atoms with Gasteiger partial charge in [-0.15, -0.1) is 0 Å². The van der Waals surface area contributed by atoms with Crippen LogP contribution in [0.4, 0.5) is 11.5 Å². The third-order valence-corrected chi connectivity index (χ3v) is 5.99. The van der Waals surface area contributed by atoms with Gasteiger partial charge in [0.2, 0.25) is 0 Å². The monoisotopic (exact) mass is 387 g/mol. The highest BCUT2D eigenvalue weighted by atomic mass is 15.4. The number of rotatable bonds is 3. The number of aliphatic imine (C=N–C) groups is 1. The average Bonchev–Trinajstić information content (AvgIpc) is 3.18. The quantitative estimate of drug-likeness (QED) is 0.641. The van der Waals surface area contributed by atoms with Crippen LogP contribution in [0.15, 0.2) is 59.7 Å². The van der Waals surface area contributed by atoms with Crippen molar-refractivity contribution in [3.63, 3.8) is 0 Å². The highest BCUT2D eigenvalue weighted by Gasteiger charge is 2.36. The number of aryl methyl sites for hydroxylation is 1. The second-order valence-corrected chi connectivity index (χ2v) is 7.79. The van der Waals surface area contributed by atoms with Gasteiger partial charge < -0.3 is 21.3 Å². The maximum absolute atomic E-state index is 6.58. The summed E-state index contributed by atoms with van der Waals surface area (Å²) in [6.07, 6.45) is 2.25. The molecule has 0 saturated heterocycles. The van der Waals surface area contributed by atoms with Crippen LogP contribution < -0.4 is 16.4 Å². The lowest BCUT2D eigenvalue weighted by atomic mass is 9.95. The maximum atomic E-state index is 6.58. The first-order chi connectivity index (χ1) is 14.1. The number of fused-ring (bicyclic) bond motifs is 2. The van der Waals surface area contributed by atoms with E-state index in [9.17, 15) is 0 Å². The van der Waals surface area contributed by atoms with Gasteiger partial charge in [0.05, 0.1) is 17.8 Å². The molecule has 7 heteroatoms. The van der Waals surface area contributed by atoms with Gasteiger partial charge in [-0.1, -0.05) is 42.5 Å². The number of benzene rings is 2. The van der Waals surface area contributed by atoms with Gasteiger partial charge in [-0.25, -0.2) is 0 Å². The van der Waals surface area contributed by atoms with Crippen LogP contribution in [0.5, 0.6) is 0 Å². The van der Waals surface area contributed by atoms with Crippen molar-refractivity contribution in [1.29, 1.82) is 0 Å². The van der Waals surface area contributed by atoms with Crippen LogP contribution in [0.25, 0.3) is 0 Å². The molecule has 5 N–H and O–H groups in total. The molecule has 0 spiro atoms. The largest absolute Gasteiger partial charge is 0.369 e. The van der Waals surface area contributed by atoms with E-state index in [2.05, 4.69) is 75.5 Å². The van der Waals surface area contributed by atoms with E-state index in [0.717, 1.165) is 25.1 Å². The van der Waals surface area contributed by atoms with Crippen LogP contribution in [0.2, 0.25) is 0 Å². The van der Waals surface area contributed by atoms with Gasteiger partial charge in [-0.3, -0.25) is 5.10 Å². The minimum Gasteiger partial charge on any atom is -0.369 e. The minimum absolute atomic E-state index is 0.121. The molecule has 5 rings (SSSR count). The molecule has 7 nitrogen and oxygen atoms in total. The van der Waals surface area contributed by atoms with Crippen LogP contribution in [-0.4, -0.2) is 33.6 Å². The van der Waals surface area contributed by atoms with E-state index in [4.69, 9.17) is 11.5 Å². The van der Waals surface area contributed by atoms with Crippen molar-refractivity contribution in [2.75, 3.05) is 11.4 Å². The van der Waals surface area contributed by atoms with E-state index in [-0.39, 0.29) is 12.2 Å². The summed E-state index contributed by atoms with van der Waals surface area (Å²) in [6.45, 7) is 3.83. The van der Waals surface area contributed by atoms with E-state index < -0.39 is 0 Å². The Morgan fingerprint density at radius 1 is 1.14 bits per heavy atom. The average molecular weight is 387 g/mol. The summed E-state index contributed by atoms with van der Waals surface area (Å²) in [7, 11) is 0. The number of hydrogen-bond acceptors (Lipinski definition) is 6. The molecule has 2 aromatic carbocycles. The van der Waals surface area contributed by atoms with Gasteiger partial charge in [-0.05, 0) is 36.1 Å². The predicted molar refractivity (Wildman–Crippen MR) is 115 cm³/mol. The van der Waals surface area contributed by atoms with Crippen molar-refractivity contribution in [2.45, 2.75) is 32.1 Å². The van der Waals surface area contributed by atoms with E-state index in [1.165, 1.54) is 22.4 Å². The number of H-pyrrole nitrogens is 1. The zero-order valence-corrected chi connectivity index (χ0v) is 16.4. The van der Waals surface area contributed by atoms with E-state index >= 15 is 0 Å². The van der Waals surface area contributed by atoms with Gasteiger partial charge >= 0.3 is 0 Å². The molecule has 0 amide bonds. The van der Waals surface area contributed by atoms with Crippen LogP contribution >= 0.6 is 0 Å². The molecular weight excluding hydrogens is 362 g/mol. The van der Waals surface area contributed by atoms with Crippen LogP contribution in [0.1, 0.15) is 28.4 Å². The molecule has 148 valence electrons. The summed E-state index contributed by atoms with van der Waals surface area (Å²) in [5.41, 5.74) is 19.0. The molecule has 3 aromatic rings. The summed E-state index contributed by atoms with van der Waals surface area (Å²) < 4.78 is 0. The number of anilines is 1. The Hall–Kier alpha value is -3.32. The Morgan fingerprint density at radius 2 is 1.93 bits per heavy atom. The van der Waals surface area contributed by atoms with Gasteiger partial charge in [0.15, 0.2) is 11.8 Å². The summed E-state index contributed by atoms with van der Waals surface area (Å²) in [5, 5.41) is 6.95. The molecule has 2 atom stereocenters. The summed E-state index contributed by atoms with van der Waals surface area (Å²) in [6, 6.07) is 17.2. The molecular formula is C22H25N7. The first kappa shape index (κ1) is 17.8. The molecule has 0 saturated carbocycles. The molecule has 0 fully saturated rings. The highest BCUT2D eigenvalue weighted by molar-refractivity contribution is 5.84. The fourth-order valence-corrected chi connectivity index (χ4v) is 4.47. The van der Waals surface area contributed by atoms with Crippen LogP contribution in [-0.2, 0) is 13.0 Å². The van der Waals surface area contributed by atoms with E-state index in [1.807, 2.05) is 4.90 Å². The summed E-state index contributed by atoms with van der Waals surface area (Å²) in [4.78, 5) is 8.96. The molecule has 2 aliphatic heterocycles. The van der Waals surface area contributed by atoms with Gasteiger partial charge in [0, 0.05) is 18.8 Å². The minimum atomic E-state index is -0.364. The number of para-hydroxylation sites is 1. The Bertz CT molecular complexity index is 1070. The first-order valence-corrected chi connectivity index (χ1v) is 9.90. The smallest absolute Gasteiger partial charge is 0.199 e. The molecule has 0 radical (unpaired) electrons. The number of aromatic nitrogens is 2. The standard InChI is InChI=1S/C22H25N7/c1-14-6-2-3-8-16(14)12-28-13-17(10-15-7-4-5-9-19(15)28)29-20(23)18-11-25-27-21(18)26-22(29)24/h2-9,11,17,20H,10,12-13,23H2,1H3,(H3,24,25,26,27). The fraction of sp³-hybridized carbons (Fsp3) is 0.273. The van der Waals surface area contributed by atoms with Gasteiger partial charge in [0.25, 0.3) is 0 Å². The highest BCUT2D eigenvalue weighted by Crippen LogP contribution is 2.35. The Balaban J connectivity index is 1.49. The molecule has 3 heterocycles. The Morgan fingerprint density at radius 3 is 2.79 bits per heavy atom. The zero-order chi connectivity index (χ0) is 20.0. The Labute approximate surface area is 170 Å². The number of nitrogens with zero attached hydrogens (tertiary/aromatic N) is 4. The molecule has 2 unspecified atom stereocenters. The second-order valence-electron chi connectivity index (χ2n) is 7.79. The first-order valence-electron chi connectivity index (χ1n) is 9.90. The van der Waals surface area contributed by atoms with E-state index in [0.29, 0.717) is 11.8 Å². The summed E-state index contributed by atoms with van der Waals surface area (Å²) >= 11 is 0. The molecule has 0 aliphatic carbocycles. The van der Waals surface area contributed by atoms with Crippen molar-refractivity contribution in [3.8, 4) is 0 Å². The van der Waals surface area contributed by atoms with Crippen molar-refractivity contribution in [2.24, 2.45) is 16.5 Å². The fourth-order valence-electron chi connectivity index (χ4n) is 4.47. The number of nitrogens with one attached hydrogen (secondary N) is 1. The lowest BCUT2D eigenvalue weighted by Gasteiger charge is -2.45. The maximum Gasteiger partial charge on any atom is 0.199 e. The SMILES string of the molecule is Cc1ccccc1CN1CC(N2C(N)=Nc3[nH]ncc3C2N)Cc2ccccc21. The molecule has 2 aliphatic rings. The number of hydrogen-bond donors (Lipinski definition) is 3. The van der Waals surface area contributed by atoms with Crippen molar-refractivity contribution >= 4 is 17.5 Å². The second kappa shape index (κ2) is 6.93. The lowest BCUT2D eigenvalue weighted by Crippen LogP contribution is -2.56. The van der Waals surface area contributed by atoms with E-state index in [1.54, 1.807) is 6.20 Å². The predicted octanol–water partition coefficient (Wildman–Crippen LogP) is 2.57. The van der Waals surface area contributed by atoms with Crippen molar-refractivity contribution < 1.29 is 0 Å². The molecule has 0 bridgehead atoms. The van der Waals surface area contributed by atoms with Gasteiger partial charge in [0.1, 0.15) is 6.17 Å². The zero-order valence-electron chi connectivity index (χ0n) is 16.4. The van der Waals surface area contributed by atoms with Gasteiger partial charge in [-0.2, -0.15) is 10.1 Å². The normalized spacial score (nSPS) is 20.8.